The second-order valence-corrected chi connectivity index (χ2v) is 6.23. The summed E-state index contributed by atoms with van der Waals surface area (Å²) in [5, 5.41) is 14.3. The first-order chi connectivity index (χ1) is 11.3. The van der Waals surface area contributed by atoms with Crippen LogP contribution in [0.3, 0.4) is 0 Å². The van der Waals surface area contributed by atoms with E-state index in [1.807, 2.05) is 18.2 Å². The third kappa shape index (κ3) is 3.13. The van der Waals surface area contributed by atoms with Gasteiger partial charge in [0.2, 0.25) is 0 Å². The van der Waals surface area contributed by atoms with Crippen LogP contribution < -0.4 is 5.32 Å². The van der Waals surface area contributed by atoms with E-state index in [9.17, 15) is 5.11 Å². The van der Waals surface area contributed by atoms with Gasteiger partial charge in [0.05, 0.1) is 43.7 Å². The van der Waals surface area contributed by atoms with Gasteiger partial charge in [0.15, 0.2) is 6.29 Å². The summed E-state index contributed by atoms with van der Waals surface area (Å²) < 4.78 is 17.2. The van der Waals surface area contributed by atoms with Crippen LogP contribution in [-0.2, 0) is 20.8 Å². The lowest BCUT2D eigenvalue weighted by Gasteiger charge is -2.45. The molecule has 5 atom stereocenters. The van der Waals surface area contributed by atoms with E-state index in [0.717, 1.165) is 18.8 Å². The van der Waals surface area contributed by atoms with E-state index >= 15 is 0 Å². The first-order valence-electron chi connectivity index (χ1n) is 8.23. The van der Waals surface area contributed by atoms with Crippen molar-refractivity contribution in [2.24, 2.45) is 0 Å². The van der Waals surface area contributed by atoms with E-state index < -0.39 is 6.10 Å². The minimum atomic E-state index is -0.539. The molecular formula is C16H23N3O4. The quantitative estimate of drug-likeness (QED) is 0.764. The largest absolute Gasteiger partial charge is 0.390 e. The van der Waals surface area contributed by atoms with Gasteiger partial charge in [-0.15, -0.1) is 0 Å². The number of aliphatic hydroxyl groups excluding tert-OH is 1. The van der Waals surface area contributed by atoms with E-state index in [1.165, 1.54) is 0 Å². The molecule has 7 nitrogen and oxygen atoms in total. The Kier molecular flexibility index (Phi) is 4.57. The molecule has 1 aromatic rings. The van der Waals surface area contributed by atoms with Gasteiger partial charge in [-0.1, -0.05) is 6.07 Å². The van der Waals surface area contributed by atoms with Crippen molar-refractivity contribution in [3.63, 3.8) is 0 Å². The highest BCUT2D eigenvalue weighted by molar-refractivity contribution is 5.06. The van der Waals surface area contributed by atoms with Crippen molar-refractivity contribution < 1.29 is 19.3 Å². The van der Waals surface area contributed by atoms with Crippen molar-refractivity contribution in [1.29, 1.82) is 0 Å². The van der Waals surface area contributed by atoms with Crippen molar-refractivity contribution in [3.8, 4) is 0 Å². The fourth-order valence-corrected chi connectivity index (χ4v) is 3.64. The topological polar surface area (TPSA) is 76.1 Å². The van der Waals surface area contributed by atoms with Crippen LogP contribution in [0.5, 0.6) is 0 Å². The molecule has 0 amide bonds. The van der Waals surface area contributed by atoms with E-state index in [1.54, 1.807) is 6.20 Å². The number of fused-ring (bicyclic) bond motifs is 2. The summed E-state index contributed by atoms with van der Waals surface area (Å²) >= 11 is 0. The molecule has 1 aromatic heterocycles. The summed E-state index contributed by atoms with van der Waals surface area (Å²) in [7, 11) is 0. The molecule has 0 spiro atoms. The number of aliphatic hydroxyl groups is 1. The van der Waals surface area contributed by atoms with Gasteiger partial charge in [0, 0.05) is 25.8 Å². The molecule has 0 saturated carbocycles. The number of aromatic nitrogens is 1. The Bertz CT molecular complexity index is 511. The first-order valence-corrected chi connectivity index (χ1v) is 8.23. The van der Waals surface area contributed by atoms with Gasteiger partial charge in [-0.3, -0.25) is 9.88 Å². The average molecular weight is 321 g/mol. The number of nitrogens with one attached hydrogen (secondary N) is 1. The highest BCUT2D eigenvalue weighted by Crippen LogP contribution is 2.31. The monoisotopic (exact) mass is 321 g/mol. The van der Waals surface area contributed by atoms with Crippen LogP contribution in [-0.4, -0.2) is 78.5 Å². The number of hydrogen-bond donors (Lipinski definition) is 2. The van der Waals surface area contributed by atoms with Crippen LogP contribution in [0.15, 0.2) is 24.4 Å². The van der Waals surface area contributed by atoms with Gasteiger partial charge >= 0.3 is 0 Å². The van der Waals surface area contributed by atoms with E-state index in [-0.39, 0.29) is 24.5 Å². The Morgan fingerprint density at radius 3 is 2.96 bits per heavy atom. The molecule has 23 heavy (non-hydrogen) atoms. The first kappa shape index (κ1) is 15.4. The maximum atomic E-state index is 10.9. The van der Waals surface area contributed by atoms with E-state index in [4.69, 9.17) is 14.2 Å². The van der Waals surface area contributed by atoms with Crippen molar-refractivity contribution >= 4 is 0 Å². The Labute approximate surface area is 135 Å². The number of nitrogens with zero attached hydrogens (tertiary/aromatic N) is 2. The Morgan fingerprint density at radius 2 is 2.17 bits per heavy atom. The molecule has 3 saturated heterocycles. The summed E-state index contributed by atoms with van der Waals surface area (Å²) in [4.78, 5) is 6.53. The lowest BCUT2D eigenvalue weighted by molar-refractivity contribution is -0.191. The van der Waals surface area contributed by atoms with Gasteiger partial charge in [-0.2, -0.15) is 0 Å². The zero-order chi connectivity index (χ0) is 15.6. The van der Waals surface area contributed by atoms with E-state index in [2.05, 4.69) is 15.2 Å². The van der Waals surface area contributed by atoms with E-state index in [0.29, 0.717) is 26.4 Å². The SMILES string of the molecule is O[C@H]1[C@H](NCc2ccccn2)[C@H]2CO[C@H](O2)[C@@H]1N1CCOCC1. The number of rotatable bonds is 4. The molecule has 2 N–H and O–H groups in total. The normalized spacial score (nSPS) is 37.9. The third-order valence-corrected chi connectivity index (χ3v) is 4.84. The number of ether oxygens (including phenoxy) is 3. The molecule has 2 bridgehead atoms. The molecule has 3 fully saturated rings. The fraction of sp³-hybridized carbons (Fsp3) is 0.688. The van der Waals surface area contributed by atoms with Gasteiger partial charge < -0.3 is 24.6 Å². The summed E-state index contributed by atoms with van der Waals surface area (Å²) in [6, 6.07) is 5.51. The third-order valence-electron chi connectivity index (χ3n) is 4.84. The number of pyridine rings is 1. The zero-order valence-corrected chi connectivity index (χ0v) is 13.0. The Balaban J connectivity index is 1.45. The molecule has 4 heterocycles. The predicted octanol–water partition coefficient (Wildman–Crippen LogP) is -0.643. The van der Waals surface area contributed by atoms with Crippen molar-refractivity contribution in [3.05, 3.63) is 30.1 Å². The van der Waals surface area contributed by atoms with Crippen molar-refractivity contribution in [2.75, 3.05) is 32.9 Å². The number of morpholine rings is 1. The van der Waals surface area contributed by atoms with Gasteiger partial charge in [0.1, 0.15) is 6.10 Å². The molecule has 126 valence electrons. The fourth-order valence-electron chi connectivity index (χ4n) is 3.64. The molecule has 0 aliphatic carbocycles. The summed E-state index contributed by atoms with van der Waals surface area (Å²) in [5.74, 6) is 0. The molecule has 7 heteroatoms. The molecule has 4 rings (SSSR count). The molecule has 0 aromatic carbocycles. The van der Waals surface area contributed by atoms with Crippen molar-refractivity contribution in [2.45, 2.75) is 37.1 Å². The highest BCUT2D eigenvalue weighted by atomic mass is 16.7. The molecule has 0 radical (unpaired) electrons. The second-order valence-electron chi connectivity index (χ2n) is 6.23. The van der Waals surface area contributed by atoms with Crippen LogP contribution in [0.4, 0.5) is 0 Å². The number of hydrogen-bond acceptors (Lipinski definition) is 7. The minimum absolute atomic E-state index is 0.115. The van der Waals surface area contributed by atoms with Gasteiger partial charge in [-0.25, -0.2) is 0 Å². The smallest absolute Gasteiger partial charge is 0.176 e. The van der Waals surface area contributed by atoms with Crippen LogP contribution in [0.25, 0.3) is 0 Å². The maximum Gasteiger partial charge on any atom is 0.176 e. The summed E-state index contributed by atoms with van der Waals surface area (Å²) in [6.07, 6.45) is 0.774. The van der Waals surface area contributed by atoms with Gasteiger partial charge in [0.25, 0.3) is 0 Å². The highest BCUT2D eigenvalue weighted by Gasteiger charge is 2.52. The zero-order valence-electron chi connectivity index (χ0n) is 13.0. The summed E-state index contributed by atoms with van der Waals surface area (Å²) in [5.41, 5.74) is 0.948. The molecule has 3 aliphatic rings. The van der Waals surface area contributed by atoms with Crippen LogP contribution in [0, 0.1) is 0 Å². The minimum Gasteiger partial charge on any atom is -0.390 e. The standard InChI is InChI=1S/C16H23N3O4/c20-15-13(18-9-11-3-1-2-4-17-11)12-10-22-16(23-12)14(15)19-5-7-21-8-6-19/h1-4,12-16,18,20H,5-10H2/t12-,13-,14-,15+,16-/m1/s1. The van der Waals surface area contributed by atoms with Crippen LogP contribution >= 0.6 is 0 Å². The second kappa shape index (κ2) is 6.80. The average Bonchev–Trinajstić information content (AvgIpc) is 3.02. The van der Waals surface area contributed by atoms with Crippen LogP contribution in [0.1, 0.15) is 5.69 Å². The predicted molar refractivity (Wildman–Crippen MR) is 81.7 cm³/mol. The Morgan fingerprint density at radius 1 is 1.30 bits per heavy atom. The maximum absolute atomic E-state index is 10.9. The molecule has 3 aliphatic heterocycles. The Hall–Kier alpha value is -1.09. The van der Waals surface area contributed by atoms with Crippen LogP contribution in [0.2, 0.25) is 0 Å². The van der Waals surface area contributed by atoms with Crippen molar-refractivity contribution in [1.82, 2.24) is 15.2 Å². The van der Waals surface area contributed by atoms with Gasteiger partial charge in [-0.05, 0) is 12.1 Å². The molecular weight excluding hydrogens is 298 g/mol. The lowest BCUT2D eigenvalue weighted by Crippen LogP contribution is -2.65. The molecule has 0 unspecified atom stereocenters. The lowest BCUT2D eigenvalue weighted by atomic mass is 9.94. The summed E-state index contributed by atoms with van der Waals surface area (Å²) in [6.45, 7) is 4.08.